The summed E-state index contributed by atoms with van der Waals surface area (Å²) in [5.41, 5.74) is 8.64. The molecule has 0 aliphatic rings. The molecule has 0 aromatic heterocycles. The first kappa shape index (κ1) is 11.7. The summed E-state index contributed by atoms with van der Waals surface area (Å²) < 4.78 is 1.13. The maximum absolute atomic E-state index is 6.03. The van der Waals surface area contributed by atoms with Crippen molar-refractivity contribution in [3.8, 4) is 0 Å². The Kier molecular flexibility index (Phi) is 3.73. The van der Waals surface area contributed by atoms with E-state index >= 15 is 0 Å². The van der Waals surface area contributed by atoms with Crippen molar-refractivity contribution in [2.45, 2.75) is 39.2 Å². The minimum Gasteiger partial charge on any atom is -0.325 e. The summed E-state index contributed by atoms with van der Waals surface area (Å²) in [6, 6.07) is 6.43. The lowest BCUT2D eigenvalue weighted by molar-refractivity contribution is 0.514. The summed E-state index contributed by atoms with van der Waals surface area (Å²) in [5.74, 6) is 0. The van der Waals surface area contributed by atoms with Crippen LogP contribution in [0.2, 0.25) is 0 Å². The molecule has 0 saturated heterocycles. The molecule has 0 aliphatic carbocycles. The summed E-state index contributed by atoms with van der Waals surface area (Å²) in [4.78, 5) is 0. The molecule has 2 heteroatoms. The summed E-state index contributed by atoms with van der Waals surface area (Å²) >= 11 is 3.49. The predicted octanol–water partition coefficient (Wildman–Crippen LogP) is 3.29. The lowest BCUT2D eigenvalue weighted by atomic mass is 9.92. The van der Waals surface area contributed by atoms with Crippen molar-refractivity contribution in [1.82, 2.24) is 0 Å². The Bertz CT molecular complexity index is 313. The van der Waals surface area contributed by atoms with E-state index in [-0.39, 0.29) is 5.54 Å². The maximum atomic E-state index is 6.03. The van der Waals surface area contributed by atoms with Gasteiger partial charge in [-0.3, -0.25) is 0 Å². The van der Waals surface area contributed by atoms with Gasteiger partial charge < -0.3 is 5.73 Å². The molecule has 1 nitrogen and oxygen atoms in total. The second-order valence-corrected chi connectivity index (χ2v) is 5.35. The van der Waals surface area contributed by atoms with Gasteiger partial charge in [-0.1, -0.05) is 28.9 Å². The second kappa shape index (κ2) is 4.45. The van der Waals surface area contributed by atoms with Crippen LogP contribution in [0.3, 0.4) is 0 Å². The topological polar surface area (TPSA) is 26.0 Å². The van der Waals surface area contributed by atoms with E-state index in [1.165, 1.54) is 11.1 Å². The van der Waals surface area contributed by atoms with Crippen molar-refractivity contribution in [3.05, 3.63) is 33.8 Å². The van der Waals surface area contributed by atoms with Gasteiger partial charge in [-0.15, -0.1) is 0 Å². The molecule has 0 fully saturated rings. The standard InChI is InChI=1S/C12H18BrN/c1-4-9-5-6-11(13)7-10(9)8-12(2,3)14/h5-7H,4,8,14H2,1-3H3. The molecule has 1 aromatic carbocycles. The third kappa shape index (κ3) is 3.43. The first-order chi connectivity index (χ1) is 6.42. The van der Waals surface area contributed by atoms with Crippen LogP contribution in [-0.2, 0) is 12.8 Å². The van der Waals surface area contributed by atoms with E-state index in [0.717, 1.165) is 17.3 Å². The monoisotopic (exact) mass is 255 g/mol. The van der Waals surface area contributed by atoms with E-state index in [2.05, 4.69) is 54.9 Å². The number of halogens is 1. The van der Waals surface area contributed by atoms with Gasteiger partial charge in [0.05, 0.1) is 0 Å². The summed E-state index contributed by atoms with van der Waals surface area (Å²) in [6.07, 6.45) is 1.99. The normalized spacial score (nSPS) is 11.8. The number of hydrogen-bond donors (Lipinski definition) is 1. The first-order valence-corrected chi connectivity index (χ1v) is 5.78. The van der Waals surface area contributed by atoms with Gasteiger partial charge in [0.15, 0.2) is 0 Å². The molecule has 0 saturated carbocycles. The number of rotatable bonds is 3. The third-order valence-electron chi connectivity index (χ3n) is 2.20. The maximum Gasteiger partial charge on any atom is 0.0178 e. The number of hydrogen-bond acceptors (Lipinski definition) is 1. The van der Waals surface area contributed by atoms with Crippen molar-refractivity contribution in [3.63, 3.8) is 0 Å². The van der Waals surface area contributed by atoms with Crippen LogP contribution in [0.1, 0.15) is 31.9 Å². The summed E-state index contributed by atoms with van der Waals surface area (Å²) in [7, 11) is 0. The molecule has 2 N–H and O–H groups in total. The van der Waals surface area contributed by atoms with Crippen molar-refractivity contribution >= 4 is 15.9 Å². The highest BCUT2D eigenvalue weighted by atomic mass is 79.9. The molecule has 0 radical (unpaired) electrons. The van der Waals surface area contributed by atoms with Crippen molar-refractivity contribution in [1.29, 1.82) is 0 Å². The molecule has 0 atom stereocenters. The van der Waals surface area contributed by atoms with Crippen molar-refractivity contribution < 1.29 is 0 Å². The second-order valence-electron chi connectivity index (χ2n) is 4.43. The van der Waals surface area contributed by atoms with Crippen LogP contribution in [0, 0.1) is 0 Å². The largest absolute Gasteiger partial charge is 0.325 e. The third-order valence-corrected chi connectivity index (χ3v) is 2.69. The molecule has 0 unspecified atom stereocenters. The molecule has 0 bridgehead atoms. The summed E-state index contributed by atoms with van der Waals surface area (Å²) in [5, 5.41) is 0. The zero-order valence-electron chi connectivity index (χ0n) is 9.10. The highest BCUT2D eigenvalue weighted by Gasteiger charge is 2.13. The van der Waals surface area contributed by atoms with Gasteiger partial charge in [-0.25, -0.2) is 0 Å². The van der Waals surface area contributed by atoms with Crippen LogP contribution in [0.4, 0.5) is 0 Å². The van der Waals surface area contributed by atoms with Gasteiger partial charge in [0, 0.05) is 10.0 Å². The number of nitrogens with two attached hydrogens (primary N) is 1. The first-order valence-electron chi connectivity index (χ1n) is 4.98. The van der Waals surface area contributed by atoms with Crippen LogP contribution < -0.4 is 5.73 Å². The Morgan fingerprint density at radius 3 is 2.43 bits per heavy atom. The van der Waals surface area contributed by atoms with E-state index in [4.69, 9.17) is 5.73 Å². The fourth-order valence-corrected chi connectivity index (χ4v) is 2.00. The van der Waals surface area contributed by atoms with Gasteiger partial charge >= 0.3 is 0 Å². The van der Waals surface area contributed by atoms with Crippen molar-refractivity contribution in [2.75, 3.05) is 0 Å². The minimum atomic E-state index is -0.134. The Morgan fingerprint density at radius 1 is 1.29 bits per heavy atom. The van der Waals surface area contributed by atoms with Gasteiger partial charge in [0.25, 0.3) is 0 Å². The SMILES string of the molecule is CCc1ccc(Br)cc1CC(C)(C)N. The van der Waals surface area contributed by atoms with E-state index in [1.54, 1.807) is 0 Å². The highest BCUT2D eigenvalue weighted by molar-refractivity contribution is 9.10. The molecule has 78 valence electrons. The van der Waals surface area contributed by atoms with Crippen LogP contribution in [-0.4, -0.2) is 5.54 Å². The number of aryl methyl sites for hydroxylation is 1. The minimum absolute atomic E-state index is 0.134. The predicted molar refractivity (Wildman–Crippen MR) is 65.5 cm³/mol. The van der Waals surface area contributed by atoms with Crippen molar-refractivity contribution in [2.24, 2.45) is 5.73 Å². The average Bonchev–Trinajstić information content (AvgIpc) is 2.01. The zero-order chi connectivity index (χ0) is 10.8. The highest BCUT2D eigenvalue weighted by Crippen LogP contribution is 2.20. The van der Waals surface area contributed by atoms with E-state index in [9.17, 15) is 0 Å². The Morgan fingerprint density at radius 2 is 1.93 bits per heavy atom. The average molecular weight is 256 g/mol. The van der Waals surface area contributed by atoms with E-state index in [1.807, 2.05) is 0 Å². The van der Waals surface area contributed by atoms with Crippen LogP contribution in [0.25, 0.3) is 0 Å². The quantitative estimate of drug-likeness (QED) is 0.882. The van der Waals surface area contributed by atoms with E-state index in [0.29, 0.717) is 0 Å². The summed E-state index contributed by atoms with van der Waals surface area (Å²) in [6.45, 7) is 6.30. The van der Waals surface area contributed by atoms with Gasteiger partial charge in [-0.2, -0.15) is 0 Å². The van der Waals surface area contributed by atoms with Gasteiger partial charge in [0.2, 0.25) is 0 Å². The van der Waals surface area contributed by atoms with E-state index < -0.39 is 0 Å². The van der Waals surface area contributed by atoms with Crippen LogP contribution >= 0.6 is 15.9 Å². The molecule has 1 rings (SSSR count). The molecular weight excluding hydrogens is 238 g/mol. The lowest BCUT2D eigenvalue weighted by Gasteiger charge is -2.20. The molecule has 0 spiro atoms. The Labute approximate surface area is 94.8 Å². The van der Waals surface area contributed by atoms with Gasteiger partial charge in [-0.05, 0) is 49.9 Å². The van der Waals surface area contributed by atoms with Crippen LogP contribution in [0.5, 0.6) is 0 Å². The molecule has 0 aliphatic heterocycles. The van der Waals surface area contributed by atoms with Gasteiger partial charge in [0.1, 0.15) is 0 Å². The molecular formula is C12H18BrN. The molecule has 1 aromatic rings. The molecule has 14 heavy (non-hydrogen) atoms. The Balaban J connectivity index is 2.99. The molecule has 0 heterocycles. The fourth-order valence-electron chi connectivity index (χ4n) is 1.59. The Hall–Kier alpha value is -0.340. The zero-order valence-corrected chi connectivity index (χ0v) is 10.7. The number of benzene rings is 1. The molecule has 0 amide bonds. The smallest absolute Gasteiger partial charge is 0.0178 e. The van der Waals surface area contributed by atoms with Crippen LogP contribution in [0.15, 0.2) is 22.7 Å². The fraction of sp³-hybridized carbons (Fsp3) is 0.500. The lowest BCUT2D eigenvalue weighted by Crippen LogP contribution is -2.34.